The average Bonchev–Trinajstić information content (AvgIpc) is 2.68. The largest absolute Gasteiger partial charge is 0.508 e. The second kappa shape index (κ2) is 7.74. The SMILES string of the molecule is COC(=O)c1ccccc1NC(=O)N1CC=C(c2ccc(O)cc2)CC1. The highest BCUT2D eigenvalue weighted by Crippen LogP contribution is 2.24. The second-order valence-electron chi connectivity index (χ2n) is 5.94. The fraction of sp³-hybridized carbons (Fsp3) is 0.200. The molecule has 0 spiro atoms. The van der Waals surface area contributed by atoms with Crippen LogP contribution in [-0.2, 0) is 4.74 Å². The maximum Gasteiger partial charge on any atom is 0.339 e. The Balaban J connectivity index is 1.67. The maximum absolute atomic E-state index is 12.5. The summed E-state index contributed by atoms with van der Waals surface area (Å²) in [5.41, 5.74) is 2.93. The third-order valence-electron chi connectivity index (χ3n) is 4.31. The number of carbonyl (C=O) groups excluding carboxylic acids is 2. The number of rotatable bonds is 3. The number of para-hydroxylation sites is 1. The van der Waals surface area contributed by atoms with E-state index in [-0.39, 0.29) is 11.8 Å². The Kier molecular flexibility index (Phi) is 5.22. The number of amides is 2. The number of hydrogen-bond acceptors (Lipinski definition) is 4. The van der Waals surface area contributed by atoms with E-state index in [2.05, 4.69) is 5.32 Å². The van der Waals surface area contributed by atoms with E-state index >= 15 is 0 Å². The Hall–Kier alpha value is -3.28. The monoisotopic (exact) mass is 352 g/mol. The first-order valence-corrected chi connectivity index (χ1v) is 8.30. The number of esters is 1. The van der Waals surface area contributed by atoms with Crippen LogP contribution in [0.5, 0.6) is 5.75 Å². The average molecular weight is 352 g/mol. The minimum Gasteiger partial charge on any atom is -0.508 e. The lowest BCUT2D eigenvalue weighted by atomic mass is 9.99. The van der Waals surface area contributed by atoms with Crippen molar-refractivity contribution in [1.82, 2.24) is 4.90 Å². The van der Waals surface area contributed by atoms with Crippen molar-refractivity contribution < 1.29 is 19.4 Å². The molecule has 2 amide bonds. The van der Waals surface area contributed by atoms with Crippen molar-refractivity contribution >= 4 is 23.3 Å². The lowest BCUT2D eigenvalue weighted by Gasteiger charge is -2.27. The molecule has 0 aromatic heterocycles. The molecule has 0 saturated carbocycles. The summed E-state index contributed by atoms with van der Waals surface area (Å²) in [6.07, 6.45) is 2.72. The molecular weight excluding hydrogens is 332 g/mol. The lowest BCUT2D eigenvalue weighted by Crippen LogP contribution is -2.38. The van der Waals surface area contributed by atoms with Crippen molar-refractivity contribution in [1.29, 1.82) is 0 Å². The predicted molar refractivity (Wildman–Crippen MR) is 99.1 cm³/mol. The van der Waals surface area contributed by atoms with Crippen molar-refractivity contribution in [3.63, 3.8) is 0 Å². The highest BCUT2D eigenvalue weighted by atomic mass is 16.5. The number of benzene rings is 2. The van der Waals surface area contributed by atoms with Crippen LogP contribution in [-0.4, -0.2) is 42.2 Å². The van der Waals surface area contributed by atoms with Gasteiger partial charge < -0.3 is 20.1 Å². The first-order chi connectivity index (χ1) is 12.6. The molecule has 26 heavy (non-hydrogen) atoms. The van der Waals surface area contributed by atoms with E-state index in [1.807, 2.05) is 18.2 Å². The van der Waals surface area contributed by atoms with Gasteiger partial charge in [-0.05, 0) is 41.8 Å². The highest BCUT2D eigenvalue weighted by molar-refractivity contribution is 6.00. The number of anilines is 1. The minimum atomic E-state index is -0.492. The van der Waals surface area contributed by atoms with E-state index in [4.69, 9.17) is 4.74 Å². The molecule has 1 aliphatic heterocycles. The van der Waals surface area contributed by atoms with E-state index in [0.717, 1.165) is 17.6 Å². The van der Waals surface area contributed by atoms with Gasteiger partial charge in [0.25, 0.3) is 0 Å². The second-order valence-corrected chi connectivity index (χ2v) is 5.94. The standard InChI is InChI=1S/C20H20N2O4/c1-26-19(24)17-4-2-3-5-18(17)21-20(25)22-12-10-15(11-13-22)14-6-8-16(23)9-7-14/h2-10,23H,11-13H2,1H3,(H,21,25). The van der Waals surface area contributed by atoms with Crippen LogP contribution in [0, 0.1) is 0 Å². The van der Waals surface area contributed by atoms with Crippen molar-refractivity contribution in [3.05, 3.63) is 65.7 Å². The topological polar surface area (TPSA) is 78.9 Å². The van der Waals surface area contributed by atoms with E-state index in [1.165, 1.54) is 7.11 Å². The Morgan fingerprint density at radius 1 is 1.12 bits per heavy atom. The molecule has 6 heteroatoms. The maximum atomic E-state index is 12.5. The molecule has 0 unspecified atom stereocenters. The molecule has 134 valence electrons. The minimum absolute atomic E-state index is 0.232. The molecule has 0 bridgehead atoms. The van der Waals surface area contributed by atoms with Crippen molar-refractivity contribution in [3.8, 4) is 5.75 Å². The Morgan fingerprint density at radius 2 is 1.85 bits per heavy atom. The number of phenols is 1. The summed E-state index contributed by atoms with van der Waals surface area (Å²) in [4.78, 5) is 26.0. The van der Waals surface area contributed by atoms with Gasteiger partial charge in [0.05, 0.1) is 18.4 Å². The Bertz CT molecular complexity index is 843. The van der Waals surface area contributed by atoms with Gasteiger partial charge in [0.2, 0.25) is 0 Å². The molecular formula is C20H20N2O4. The molecule has 0 fully saturated rings. The van der Waals surface area contributed by atoms with Crippen molar-refractivity contribution in [2.24, 2.45) is 0 Å². The highest BCUT2D eigenvalue weighted by Gasteiger charge is 2.20. The van der Waals surface area contributed by atoms with Gasteiger partial charge in [0.15, 0.2) is 0 Å². The number of methoxy groups -OCH3 is 1. The van der Waals surface area contributed by atoms with Gasteiger partial charge in [0.1, 0.15) is 5.75 Å². The van der Waals surface area contributed by atoms with Gasteiger partial charge in [-0.25, -0.2) is 9.59 Å². The number of ether oxygens (including phenoxy) is 1. The van der Waals surface area contributed by atoms with Crippen molar-refractivity contribution in [2.75, 3.05) is 25.5 Å². The third kappa shape index (κ3) is 3.85. The molecule has 1 aliphatic rings. The molecule has 0 aliphatic carbocycles. The van der Waals surface area contributed by atoms with Gasteiger partial charge in [-0.2, -0.15) is 0 Å². The molecule has 0 radical (unpaired) electrons. The third-order valence-corrected chi connectivity index (χ3v) is 4.31. The Morgan fingerprint density at radius 3 is 2.50 bits per heavy atom. The molecule has 2 aromatic carbocycles. The summed E-state index contributed by atoms with van der Waals surface area (Å²) in [5, 5.41) is 12.2. The first-order valence-electron chi connectivity index (χ1n) is 8.30. The molecule has 0 saturated heterocycles. The van der Waals surface area contributed by atoms with E-state index in [1.54, 1.807) is 41.3 Å². The molecule has 3 rings (SSSR count). The number of urea groups is 1. The molecule has 2 aromatic rings. The van der Waals surface area contributed by atoms with E-state index < -0.39 is 5.97 Å². The van der Waals surface area contributed by atoms with Crippen LogP contribution >= 0.6 is 0 Å². The zero-order chi connectivity index (χ0) is 18.5. The fourth-order valence-electron chi connectivity index (χ4n) is 2.87. The lowest BCUT2D eigenvalue weighted by molar-refractivity contribution is 0.0602. The molecule has 1 heterocycles. The number of phenolic OH excluding ortho intramolecular Hbond substituents is 1. The van der Waals surface area contributed by atoms with Crippen molar-refractivity contribution in [2.45, 2.75) is 6.42 Å². The van der Waals surface area contributed by atoms with Gasteiger partial charge >= 0.3 is 12.0 Å². The number of hydrogen-bond donors (Lipinski definition) is 2. The summed E-state index contributed by atoms with van der Waals surface area (Å²) in [5.74, 6) is -0.260. The normalized spacial score (nSPS) is 13.7. The van der Waals surface area contributed by atoms with Gasteiger partial charge in [-0.15, -0.1) is 0 Å². The quantitative estimate of drug-likeness (QED) is 0.829. The first kappa shape index (κ1) is 17.5. The zero-order valence-corrected chi connectivity index (χ0v) is 14.4. The van der Waals surface area contributed by atoms with Crippen LogP contribution in [0.3, 0.4) is 0 Å². The van der Waals surface area contributed by atoms with Crippen LogP contribution < -0.4 is 5.32 Å². The molecule has 2 N–H and O–H groups in total. The van der Waals surface area contributed by atoms with Gasteiger partial charge in [-0.1, -0.05) is 30.3 Å². The van der Waals surface area contributed by atoms with E-state index in [0.29, 0.717) is 24.3 Å². The summed E-state index contributed by atoms with van der Waals surface area (Å²) in [6.45, 7) is 1.04. The predicted octanol–water partition coefficient (Wildman–Crippen LogP) is 3.50. The molecule has 0 atom stereocenters. The Labute approximate surface area is 151 Å². The fourth-order valence-corrected chi connectivity index (χ4v) is 2.87. The summed E-state index contributed by atoms with van der Waals surface area (Å²) >= 11 is 0. The van der Waals surface area contributed by atoms with E-state index in [9.17, 15) is 14.7 Å². The van der Waals surface area contributed by atoms with Gasteiger partial charge in [-0.3, -0.25) is 0 Å². The van der Waals surface area contributed by atoms with Crippen LogP contribution in [0.2, 0.25) is 0 Å². The number of aromatic hydroxyl groups is 1. The number of nitrogens with one attached hydrogen (secondary N) is 1. The zero-order valence-electron chi connectivity index (χ0n) is 14.4. The van der Waals surface area contributed by atoms with Crippen LogP contribution in [0.25, 0.3) is 5.57 Å². The summed E-state index contributed by atoms with van der Waals surface area (Å²) in [7, 11) is 1.31. The summed E-state index contributed by atoms with van der Waals surface area (Å²) < 4.78 is 4.74. The van der Waals surface area contributed by atoms with Crippen LogP contribution in [0.1, 0.15) is 22.3 Å². The summed E-state index contributed by atoms with van der Waals surface area (Å²) in [6, 6.07) is 13.5. The molecule has 6 nitrogen and oxygen atoms in total. The van der Waals surface area contributed by atoms with Crippen LogP contribution in [0.15, 0.2) is 54.6 Å². The number of nitrogens with zero attached hydrogens (tertiary/aromatic N) is 1. The number of carbonyl (C=O) groups is 2. The smallest absolute Gasteiger partial charge is 0.339 e. The van der Waals surface area contributed by atoms with Crippen LogP contribution in [0.4, 0.5) is 10.5 Å². The van der Waals surface area contributed by atoms with Gasteiger partial charge in [0, 0.05) is 13.1 Å².